The fourth-order valence-corrected chi connectivity index (χ4v) is 3.64. The Morgan fingerprint density at radius 1 is 1.21 bits per heavy atom. The van der Waals surface area contributed by atoms with Crippen LogP contribution in [0.4, 0.5) is 5.69 Å². The number of nitrogens with zero attached hydrogens (tertiary/aromatic N) is 1. The van der Waals surface area contributed by atoms with E-state index in [0.717, 1.165) is 42.3 Å². The van der Waals surface area contributed by atoms with E-state index in [1.807, 2.05) is 24.3 Å². The van der Waals surface area contributed by atoms with Gasteiger partial charge in [0, 0.05) is 31.8 Å². The van der Waals surface area contributed by atoms with E-state index in [9.17, 15) is 15.0 Å². The smallest absolute Gasteiger partial charge is 0.250 e. The molecule has 2 aromatic rings. The molecule has 0 saturated heterocycles. The highest BCUT2D eigenvalue weighted by atomic mass is 16.3. The Morgan fingerprint density at radius 3 is 2.67 bits per heavy atom. The molecule has 0 bridgehead atoms. The van der Waals surface area contributed by atoms with Gasteiger partial charge in [-0.05, 0) is 36.4 Å². The van der Waals surface area contributed by atoms with Crippen molar-refractivity contribution in [3.05, 3.63) is 40.7 Å². The summed E-state index contributed by atoms with van der Waals surface area (Å²) in [7, 11) is 1.75. The summed E-state index contributed by atoms with van der Waals surface area (Å²) < 4.78 is 1.61. The Morgan fingerprint density at radius 2 is 1.92 bits per heavy atom. The molecule has 1 aliphatic rings. The maximum Gasteiger partial charge on any atom is 0.250 e. The van der Waals surface area contributed by atoms with E-state index in [4.69, 9.17) is 0 Å². The van der Waals surface area contributed by atoms with Crippen LogP contribution in [-0.2, 0) is 7.05 Å². The third-order valence-corrected chi connectivity index (χ3v) is 5.07. The van der Waals surface area contributed by atoms with Gasteiger partial charge in [0.1, 0.15) is 0 Å². The molecule has 0 aliphatic heterocycles. The Kier molecular flexibility index (Phi) is 4.92. The monoisotopic (exact) mass is 330 g/mol. The van der Waals surface area contributed by atoms with Crippen LogP contribution in [0, 0.1) is 0 Å². The number of pyridine rings is 1. The van der Waals surface area contributed by atoms with Crippen molar-refractivity contribution in [2.24, 2.45) is 7.05 Å². The third-order valence-electron chi connectivity index (χ3n) is 5.07. The number of benzene rings is 1. The molecule has 1 saturated carbocycles. The van der Waals surface area contributed by atoms with Gasteiger partial charge in [-0.15, -0.1) is 0 Å². The summed E-state index contributed by atoms with van der Waals surface area (Å²) in [5, 5.41) is 25.0. The van der Waals surface area contributed by atoms with E-state index >= 15 is 0 Å². The highest BCUT2D eigenvalue weighted by Crippen LogP contribution is 2.31. The van der Waals surface area contributed by atoms with E-state index in [2.05, 4.69) is 5.32 Å². The van der Waals surface area contributed by atoms with E-state index in [1.54, 1.807) is 17.7 Å². The third kappa shape index (κ3) is 3.79. The number of aryl methyl sites for hydroxylation is 1. The molecule has 1 atom stereocenters. The normalized spacial score (nSPS) is 18.5. The second kappa shape index (κ2) is 6.95. The summed E-state index contributed by atoms with van der Waals surface area (Å²) >= 11 is 0. The van der Waals surface area contributed by atoms with Crippen LogP contribution < -0.4 is 10.9 Å². The molecule has 1 heterocycles. The number of anilines is 1. The number of aromatic nitrogens is 1. The van der Waals surface area contributed by atoms with Crippen molar-refractivity contribution in [2.75, 3.05) is 11.9 Å². The fraction of sp³-hybridized carbons (Fsp3) is 0.526. The van der Waals surface area contributed by atoms with Gasteiger partial charge in [0.05, 0.1) is 17.2 Å². The molecule has 5 nitrogen and oxygen atoms in total. The highest BCUT2D eigenvalue weighted by molar-refractivity contribution is 5.82. The van der Waals surface area contributed by atoms with Crippen molar-refractivity contribution in [1.82, 2.24) is 4.57 Å². The first-order valence-corrected chi connectivity index (χ1v) is 8.71. The van der Waals surface area contributed by atoms with Gasteiger partial charge in [-0.25, -0.2) is 0 Å². The van der Waals surface area contributed by atoms with Gasteiger partial charge in [0.15, 0.2) is 0 Å². The van der Waals surface area contributed by atoms with Crippen LogP contribution in [0.3, 0.4) is 0 Å². The summed E-state index contributed by atoms with van der Waals surface area (Å²) in [5.74, 6) is 0. The lowest BCUT2D eigenvalue weighted by Crippen LogP contribution is -2.37. The first-order valence-electron chi connectivity index (χ1n) is 8.71. The molecular weight excluding hydrogens is 304 g/mol. The maximum absolute atomic E-state index is 11.7. The largest absolute Gasteiger partial charge is 0.391 e. The predicted molar refractivity (Wildman–Crippen MR) is 96.3 cm³/mol. The number of fused-ring (bicyclic) bond motifs is 1. The molecule has 24 heavy (non-hydrogen) atoms. The average molecular weight is 330 g/mol. The standard InChI is InChI=1S/C19H26N2O3/c1-21-17-11-15(7-5-14(17)6-8-18(21)23)20-13-16(22)12-19(24)9-3-2-4-10-19/h5-8,11,16,20,22,24H,2-4,9-10,12-13H2,1H3. The highest BCUT2D eigenvalue weighted by Gasteiger charge is 2.31. The van der Waals surface area contributed by atoms with Gasteiger partial charge in [-0.2, -0.15) is 0 Å². The molecule has 1 unspecified atom stereocenters. The molecule has 1 aromatic heterocycles. The number of aliphatic hydroxyl groups excluding tert-OH is 1. The molecule has 3 N–H and O–H groups in total. The molecule has 1 fully saturated rings. The SMILES string of the molecule is Cn1c(=O)ccc2ccc(NCC(O)CC3(O)CCCCC3)cc21. The predicted octanol–water partition coefficient (Wildman–Crippen LogP) is 2.40. The quantitative estimate of drug-likeness (QED) is 0.787. The van der Waals surface area contributed by atoms with E-state index in [0.29, 0.717) is 13.0 Å². The number of rotatable bonds is 5. The second-order valence-electron chi connectivity index (χ2n) is 7.03. The topological polar surface area (TPSA) is 74.5 Å². The molecule has 3 rings (SSSR count). The van der Waals surface area contributed by atoms with Gasteiger partial charge < -0.3 is 20.1 Å². The maximum atomic E-state index is 11.7. The Labute approximate surface area is 141 Å². The van der Waals surface area contributed by atoms with Crippen molar-refractivity contribution in [3.63, 3.8) is 0 Å². The van der Waals surface area contributed by atoms with Crippen LogP contribution in [0.1, 0.15) is 38.5 Å². The van der Waals surface area contributed by atoms with E-state index in [1.165, 1.54) is 6.42 Å². The summed E-state index contributed by atoms with van der Waals surface area (Å²) in [6.45, 7) is 0.384. The zero-order valence-corrected chi connectivity index (χ0v) is 14.2. The van der Waals surface area contributed by atoms with Gasteiger partial charge in [-0.3, -0.25) is 4.79 Å². The zero-order chi connectivity index (χ0) is 17.2. The van der Waals surface area contributed by atoms with Crippen LogP contribution in [0.2, 0.25) is 0 Å². The molecule has 1 aromatic carbocycles. The van der Waals surface area contributed by atoms with Crippen molar-refractivity contribution in [2.45, 2.75) is 50.2 Å². The number of hydrogen-bond acceptors (Lipinski definition) is 4. The Hall–Kier alpha value is -1.85. The van der Waals surface area contributed by atoms with Crippen LogP contribution in [0.5, 0.6) is 0 Å². The fourth-order valence-electron chi connectivity index (χ4n) is 3.64. The number of nitrogens with one attached hydrogen (secondary N) is 1. The lowest BCUT2D eigenvalue weighted by Gasteiger charge is -2.33. The zero-order valence-electron chi connectivity index (χ0n) is 14.2. The minimum absolute atomic E-state index is 0.0424. The van der Waals surface area contributed by atoms with Crippen molar-refractivity contribution >= 4 is 16.6 Å². The summed E-state index contributed by atoms with van der Waals surface area (Å²) in [4.78, 5) is 11.7. The number of aliphatic hydroxyl groups is 2. The molecule has 5 heteroatoms. The molecule has 0 spiro atoms. The van der Waals surface area contributed by atoms with Gasteiger partial charge in [0.2, 0.25) is 0 Å². The van der Waals surface area contributed by atoms with Crippen LogP contribution >= 0.6 is 0 Å². The lowest BCUT2D eigenvalue weighted by molar-refractivity contribution is -0.0346. The van der Waals surface area contributed by atoms with Gasteiger partial charge >= 0.3 is 0 Å². The molecule has 0 radical (unpaired) electrons. The summed E-state index contributed by atoms with van der Waals surface area (Å²) in [6.07, 6.45) is 4.62. The second-order valence-corrected chi connectivity index (χ2v) is 7.03. The first-order chi connectivity index (χ1) is 11.5. The van der Waals surface area contributed by atoms with Crippen molar-refractivity contribution in [1.29, 1.82) is 0 Å². The van der Waals surface area contributed by atoms with Crippen molar-refractivity contribution < 1.29 is 10.2 Å². The van der Waals surface area contributed by atoms with Gasteiger partial charge in [-0.1, -0.05) is 25.3 Å². The Bertz CT molecular complexity index is 763. The molecule has 1 aliphatic carbocycles. The lowest BCUT2D eigenvalue weighted by atomic mass is 9.81. The van der Waals surface area contributed by atoms with Crippen LogP contribution in [-0.4, -0.2) is 33.0 Å². The molecule has 0 amide bonds. The van der Waals surface area contributed by atoms with E-state index < -0.39 is 11.7 Å². The van der Waals surface area contributed by atoms with Crippen molar-refractivity contribution in [3.8, 4) is 0 Å². The summed E-state index contributed by atoms with van der Waals surface area (Å²) in [6, 6.07) is 9.19. The van der Waals surface area contributed by atoms with Crippen LogP contribution in [0.15, 0.2) is 35.1 Å². The minimum Gasteiger partial charge on any atom is -0.391 e. The average Bonchev–Trinajstić information content (AvgIpc) is 2.57. The van der Waals surface area contributed by atoms with Crippen LogP contribution in [0.25, 0.3) is 10.9 Å². The van der Waals surface area contributed by atoms with E-state index in [-0.39, 0.29) is 5.56 Å². The Balaban J connectivity index is 1.64. The number of hydrogen-bond donors (Lipinski definition) is 3. The summed E-state index contributed by atoms with van der Waals surface area (Å²) in [5.41, 5.74) is 0.956. The molecular formula is C19H26N2O3. The first kappa shape index (κ1) is 17.0. The molecule has 130 valence electrons. The minimum atomic E-state index is -0.716. The van der Waals surface area contributed by atoms with Gasteiger partial charge in [0.25, 0.3) is 5.56 Å².